The molecule has 1 aromatic rings. The van der Waals surface area contributed by atoms with Gasteiger partial charge in [-0.15, -0.1) is 0 Å². The lowest BCUT2D eigenvalue weighted by molar-refractivity contribution is 0.172. The number of nitriles is 1. The normalized spacial score (nSPS) is 17.4. The van der Waals surface area contributed by atoms with Crippen LogP contribution in [0, 0.1) is 11.3 Å². The summed E-state index contributed by atoms with van der Waals surface area (Å²) in [5.41, 5.74) is 1.74. The third kappa shape index (κ3) is 3.02. The first-order chi connectivity index (χ1) is 9.07. The number of hydrogen-bond acceptors (Lipinski definition) is 3. The first-order valence-corrected chi connectivity index (χ1v) is 7.06. The van der Waals surface area contributed by atoms with E-state index >= 15 is 0 Å². The zero-order chi connectivity index (χ0) is 13.9. The molecule has 0 saturated heterocycles. The van der Waals surface area contributed by atoms with Crippen molar-refractivity contribution in [2.24, 2.45) is 0 Å². The van der Waals surface area contributed by atoms with Gasteiger partial charge in [-0.3, -0.25) is 0 Å². The van der Waals surface area contributed by atoms with Gasteiger partial charge in [0.25, 0.3) is 0 Å². The zero-order valence-corrected chi connectivity index (χ0v) is 12.3. The number of anilines is 1. The minimum absolute atomic E-state index is 0.233. The van der Waals surface area contributed by atoms with E-state index in [4.69, 9.17) is 16.9 Å². The predicted octanol–water partition coefficient (Wildman–Crippen LogP) is 3.50. The highest BCUT2D eigenvalue weighted by molar-refractivity contribution is 6.33. The molecule has 1 aromatic carbocycles. The second-order valence-electron chi connectivity index (χ2n) is 5.49. The Morgan fingerprint density at radius 3 is 2.58 bits per heavy atom. The van der Waals surface area contributed by atoms with Crippen molar-refractivity contribution >= 4 is 17.3 Å². The second-order valence-corrected chi connectivity index (χ2v) is 5.89. The van der Waals surface area contributed by atoms with Crippen LogP contribution in [0.25, 0.3) is 0 Å². The third-order valence-electron chi connectivity index (χ3n) is 4.19. The summed E-state index contributed by atoms with van der Waals surface area (Å²) in [5.74, 6) is 0. The van der Waals surface area contributed by atoms with E-state index in [1.807, 2.05) is 6.07 Å². The maximum atomic E-state index is 8.83. The maximum Gasteiger partial charge on any atom is 0.0992 e. The van der Waals surface area contributed by atoms with Gasteiger partial charge in [-0.1, -0.05) is 24.4 Å². The monoisotopic (exact) mass is 277 g/mol. The van der Waals surface area contributed by atoms with Crippen molar-refractivity contribution in [1.29, 1.82) is 5.26 Å². The van der Waals surface area contributed by atoms with E-state index in [2.05, 4.69) is 30.4 Å². The summed E-state index contributed by atoms with van der Waals surface area (Å²) in [4.78, 5) is 2.32. The van der Waals surface area contributed by atoms with Crippen LogP contribution >= 0.6 is 11.6 Å². The molecule has 1 saturated carbocycles. The Kier molecular flexibility index (Phi) is 4.34. The zero-order valence-electron chi connectivity index (χ0n) is 11.5. The molecule has 0 atom stereocenters. The molecule has 0 amide bonds. The van der Waals surface area contributed by atoms with E-state index in [-0.39, 0.29) is 5.54 Å². The second kappa shape index (κ2) is 5.81. The van der Waals surface area contributed by atoms with Crippen LogP contribution in [0.3, 0.4) is 0 Å². The molecule has 3 nitrogen and oxygen atoms in total. The van der Waals surface area contributed by atoms with Gasteiger partial charge in [0, 0.05) is 12.1 Å². The number of hydrogen-bond donors (Lipinski definition) is 1. The van der Waals surface area contributed by atoms with Crippen LogP contribution in [0.2, 0.25) is 5.02 Å². The Morgan fingerprint density at radius 1 is 1.37 bits per heavy atom. The van der Waals surface area contributed by atoms with E-state index in [0.29, 0.717) is 10.6 Å². The molecule has 0 aliphatic heterocycles. The van der Waals surface area contributed by atoms with Crippen LogP contribution in [0.4, 0.5) is 5.69 Å². The van der Waals surface area contributed by atoms with E-state index in [9.17, 15) is 0 Å². The molecule has 19 heavy (non-hydrogen) atoms. The highest BCUT2D eigenvalue weighted by Gasteiger charge is 2.35. The largest absolute Gasteiger partial charge is 0.382 e. The first-order valence-electron chi connectivity index (χ1n) is 6.68. The van der Waals surface area contributed by atoms with Crippen LogP contribution in [0.15, 0.2) is 18.2 Å². The quantitative estimate of drug-likeness (QED) is 0.916. The van der Waals surface area contributed by atoms with Crippen LogP contribution in [0.5, 0.6) is 0 Å². The summed E-state index contributed by atoms with van der Waals surface area (Å²) in [6.45, 7) is 0.894. The maximum absolute atomic E-state index is 8.83. The predicted molar refractivity (Wildman–Crippen MR) is 79.5 cm³/mol. The summed E-state index contributed by atoms with van der Waals surface area (Å²) >= 11 is 6.19. The van der Waals surface area contributed by atoms with Crippen molar-refractivity contribution < 1.29 is 0 Å². The van der Waals surface area contributed by atoms with Gasteiger partial charge in [-0.25, -0.2) is 0 Å². The molecule has 0 unspecified atom stereocenters. The van der Waals surface area contributed by atoms with Gasteiger partial charge in [-0.05, 0) is 45.1 Å². The topological polar surface area (TPSA) is 39.1 Å². The molecule has 1 N–H and O–H groups in total. The average molecular weight is 278 g/mol. The first kappa shape index (κ1) is 14.2. The number of likely N-dealkylation sites (N-methyl/N-ethyl adjacent to an activating group) is 1. The summed E-state index contributed by atoms with van der Waals surface area (Å²) < 4.78 is 0. The Balaban J connectivity index is 2.08. The van der Waals surface area contributed by atoms with Crippen molar-refractivity contribution in [3.8, 4) is 6.07 Å². The molecule has 4 heteroatoms. The average Bonchev–Trinajstić information content (AvgIpc) is 2.87. The molecule has 0 bridgehead atoms. The molecule has 0 radical (unpaired) electrons. The fraction of sp³-hybridized carbons (Fsp3) is 0.533. The molecular weight excluding hydrogens is 258 g/mol. The Hall–Kier alpha value is -1.24. The number of nitrogens with one attached hydrogen (secondary N) is 1. The molecule has 1 aliphatic rings. The number of nitrogens with zero attached hydrogens (tertiary/aromatic N) is 2. The summed E-state index contributed by atoms with van der Waals surface area (Å²) in [5, 5.41) is 12.9. The van der Waals surface area contributed by atoms with Gasteiger partial charge in [0.05, 0.1) is 22.3 Å². The Morgan fingerprint density at radius 2 is 2.05 bits per heavy atom. The van der Waals surface area contributed by atoms with E-state index in [1.54, 1.807) is 12.1 Å². The smallest absolute Gasteiger partial charge is 0.0992 e. The van der Waals surface area contributed by atoms with Gasteiger partial charge in [0.2, 0.25) is 0 Å². The molecule has 2 rings (SSSR count). The molecule has 0 heterocycles. The van der Waals surface area contributed by atoms with E-state index in [0.717, 1.165) is 12.2 Å². The molecule has 1 aliphatic carbocycles. The fourth-order valence-corrected chi connectivity index (χ4v) is 3.05. The van der Waals surface area contributed by atoms with Crippen molar-refractivity contribution in [2.75, 3.05) is 26.0 Å². The number of rotatable bonds is 4. The molecule has 102 valence electrons. The van der Waals surface area contributed by atoms with Gasteiger partial charge in [0.15, 0.2) is 0 Å². The summed E-state index contributed by atoms with van der Waals surface area (Å²) in [7, 11) is 4.29. The van der Waals surface area contributed by atoms with Crippen molar-refractivity contribution in [3.63, 3.8) is 0 Å². The summed E-state index contributed by atoms with van der Waals surface area (Å²) in [6, 6.07) is 7.49. The SMILES string of the molecule is CN(C)C1(CNc2ccc(C#N)cc2Cl)CCCC1. The Labute approximate surface area is 120 Å². The van der Waals surface area contributed by atoms with Gasteiger partial charge < -0.3 is 10.2 Å². The van der Waals surface area contributed by atoms with E-state index in [1.165, 1.54) is 25.7 Å². The van der Waals surface area contributed by atoms with Crippen LogP contribution in [0.1, 0.15) is 31.2 Å². The van der Waals surface area contributed by atoms with Crippen molar-refractivity contribution in [1.82, 2.24) is 4.90 Å². The molecule has 0 aromatic heterocycles. The van der Waals surface area contributed by atoms with Crippen LogP contribution in [-0.2, 0) is 0 Å². The van der Waals surface area contributed by atoms with Gasteiger partial charge >= 0.3 is 0 Å². The lowest BCUT2D eigenvalue weighted by Crippen LogP contribution is -2.47. The van der Waals surface area contributed by atoms with Gasteiger partial charge in [0.1, 0.15) is 0 Å². The van der Waals surface area contributed by atoms with Crippen LogP contribution in [-0.4, -0.2) is 31.1 Å². The van der Waals surface area contributed by atoms with Crippen LogP contribution < -0.4 is 5.32 Å². The fourth-order valence-electron chi connectivity index (χ4n) is 2.80. The molecular formula is C15H20ClN3. The van der Waals surface area contributed by atoms with Gasteiger partial charge in [-0.2, -0.15) is 5.26 Å². The van der Waals surface area contributed by atoms with Crippen molar-refractivity contribution in [3.05, 3.63) is 28.8 Å². The van der Waals surface area contributed by atoms with Crippen molar-refractivity contribution in [2.45, 2.75) is 31.2 Å². The lowest BCUT2D eigenvalue weighted by atomic mass is 9.96. The third-order valence-corrected chi connectivity index (χ3v) is 4.50. The summed E-state index contributed by atoms with van der Waals surface area (Å²) in [6.07, 6.45) is 5.03. The standard InChI is InChI=1S/C15H20ClN3/c1-19(2)15(7-3-4-8-15)11-18-14-6-5-12(10-17)9-13(14)16/h5-6,9,18H,3-4,7-8,11H2,1-2H3. The highest BCUT2D eigenvalue weighted by atomic mass is 35.5. The lowest BCUT2D eigenvalue weighted by Gasteiger charge is -2.37. The molecule has 1 fully saturated rings. The highest BCUT2D eigenvalue weighted by Crippen LogP contribution is 2.34. The van der Waals surface area contributed by atoms with E-state index < -0.39 is 0 Å². The minimum Gasteiger partial charge on any atom is -0.382 e. The Bertz CT molecular complexity index is 485. The number of benzene rings is 1. The number of halogens is 1. The molecule has 0 spiro atoms. The minimum atomic E-state index is 0.233.